The largest absolute Gasteiger partial charge is 0.370 e. The lowest BCUT2D eigenvalue weighted by Crippen LogP contribution is -2.35. The minimum Gasteiger partial charge on any atom is -0.370 e. The third kappa shape index (κ3) is 4.39. The highest BCUT2D eigenvalue weighted by atomic mass is 32.1. The molecule has 1 aliphatic heterocycles. The Morgan fingerprint density at radius 3 is 2.48 bits per heavy atom. The lowest BCUT2D eigenvalue weighted by molar-refractivity contribution is 0.0771. The molecule has 1 amide bonds. The Kier molecular flexibility index (Phi) is 6.29. The van der Waals surface area contributed by atoms with Gasteiger partial charge in [-0.25, -0.2) is 9.67 Å². The van der Waals surface area contributed by atoms with Gasteiger partial charge in [-0.15, -0.1) is 11.3 Å². The molecule has 0 saturated carbocycles. The van der Waals surface area contributed by atoms with E-state index in [2.05, 4.69) is 21.1 Å². The van der Waals surface area contributed by atoms with Crippen LogP contribution in [-0.2, 0) is 7.05 Å². The summed E-state index contributed by atoms with van der Waals surface area (Å²) in [7, 11) is 1.63. The van der Waals surface area contributed by atoms with Crippen molar-refractivity contribution in [1.82, 2.24) is 19.7 Å². The third-order valence-electron chi connectivity index (χ3n) is 6.07. The first kappa shape index (κ1) is 22.7. The molecule has 1 fully saturated rings. The van der Waals surface area contributed by atoms with Crippen molar-refractivity contribution in [2.45, 2.75) is 27.2 Å². The van der Waals surface area contributed by atoms with Crippen LogP contribution in [0, 0.1) is 32.1 Å². The summed E-state index contributed by atoms with van der Waals surface area (Å²) in [5.41, 5.74) is 4.19. The van der Waals surface area contributed by atoms with Crippen LogP contribution in [0.3, 0.4) is 0 Å². The number of amides is 1. The molecule has 0 unspecified atom stereocenters. The first-order chi connectivity index (χ1) is 15.8. The summed E-state index contributed by atoms with van der Waals surface area (Å²) >= 11 is 1.28. The molecule has 3 aromatic rings. The predicted molar refractivity (Wildman–Crippen MR) is 129 cm³/mol. The van der Waals surface area contributed by atoms with Crippen LogP contribution in [-0.4, -0.2) is 51.8 Å². The van der Waals surface area contributed by atoms with Gasteiger partial charge < -0.3 is 9.80 Å². The van der Waals surface area contributed by atoms with E-state index in [9.17, 15) is 9.59 Å². The van der Waals surface area contributed by atoms with E-state index < -0.39 is 0 Å². The fraction of sp³-hybridized carbons (Fsp3) is 0.375. The number of rotatable bonds is 3. The number of thiazole rings is 1. The molecule has 9 heteroatoms. The number of hydrogen-bond acceptors (Lipinski definition) is 7. The van der Waals surface area contributed by atoms with Crippen LogP contribution in [0.2, 0.25) is 0 Å². The lowest BCUT2D eigenvalue weighted by atomic mass is 10.1. The highest BCUT2D eigenvalue weighted by Crippen LogP contribution is 2.30. The van der Waals surface area contributed by atoms with Gasteiger partial charge >= 0.3 is 0 Å². The molecule has 33 heavy (non-hydrogen) atoms. The molecule has 0 aliphatic carbocycles. The smallest absolute Gasteiger partial charge is 0.277 e. The maximum atomic E-state index is 13.4. The monoisotopic (exact) mass is 462 g/mol. The maximum absolute atomic E-state index is 13.4. The van der Waals surface area contributed by atoms with Gasteiger partial charge in [0.05, 0.1) is 28.6 Å². The maximum Gasteiger partial charge on any atom is 0.277 e. The molecule has 170 valence electrons. The van der Waals surface area contributed by atoms with Crippen molar-refractivity contribution in [2.24, 2.45) is 7.05 Å². The first-order valence-electron chi connectivity index (χ1n) is 10.9. The van der Waals surface area contributed by atoms with E-state index in [0.29, 0.717) is 46.3 Å². The molecule has 3 heterocycles. The molecule has 0 N–H and O–H groups in total. The summed E-state index contributed by atoms with van der Waals surface area (Å²) in [6.45, 7) is 8.36. The van der Waals surface area contributed by atoms with Crippen molar-refractivity contribution in [3.8, 4) is 16.6 Å². The van der Waals surface area contributed by atoms with E-state index in [-0.39, 0.29) is 11.5 Å². The second-order valence-electron chi connectivity index (χ2n) is 8.24. The van der Waals surface area contributed by atoms with Crippen LogP contribution < -0.4 is 10.5 Å². The van der Waals surface area contributed by atoms with Crippen LogP contribution >= 0.6 is 11.3 Å². The molecule has 1 saturated heterocycles. The number of aryl methyl sites for hydroxylation is 3. The zero-order chi connectivity index (χ0) is 23.7. The van der Waals surface area contributed by atoms with Crippen molar-refractivity contribution in [1.29, 1.82) is 5.26 Å². The summed E-state index contributed by atoms with van der Waals surface area (Å²) in [5, 5.41) is 13.8. The molecule has 8 nitrogen and oxygen atoms in total. The Balaban J connectivity index is 1.55. The normalized spacial score (nSPS) is 14.2. The summed E-state index contributed by atoms with van der Waals surface area (Å²) in [6.07, 6.45) is 0.847. The Morgan fingerprint density at radius 2 is 1.79 bits per heavy atom. The number of benzene rings is 1. The predicted octanol–water partition coefficient (Wildman–Crippen LogP) is 3.05. The van der Waals surface area contributed by atoms with Gasteiger partial charge in [0.2, 0.25) is 0 Å². The lowest BCUT2D eigenvalue weighted by Gasteiger charge is -2.23. The Morgan fingerprint density at radius 1 is 1.06 bits per heavy atom. The number of anilines is 1. The molecule has 0 spiro atoms. The van der Waals surface area contributed by atoms with Gasteiger partial charge in [-0.05, 0) is 57.0 Å². The Bertz CT molecular complexity index is 1300. The zero-order valence-corrected chi connectivity index (χ0v) is 20.1. The van der Waals surface area contributed by atoms with E-state index in [1.54, 1.807) is 7.05 Å². The SMILES string of the molecule is Cc1nc(-c2c(C)c(C)nn(C)c2=O)sc1C(=O)N1CCCN(c2ccc(C#N)cc2)CC1. The second kappa shape index (κ2) is 9.16. The van der Waals surface area contributed by atoms with Crippen LogP contribution in [0.5, 0.6) is 0 Å². The average Bonchev–Trinajstić information content (AvgIpc) is 3.02. The number of hydrogen-bond donors (Lipinski definition) is 0. The van der Waals surface area contributed by atoms with Crippen LogP contribution in [0.1, 0.15) is 38.6 Å². The van der Waals surface area contributed by atoms with E-state index >= 15 is 0 Å². The van der Waals surface area contributed by atoms with Crippen LogP contribution in [0.4, 0.5) is 5.69 Å². The quantitative estimate of drug-likeness (QED) is 0.594. The molecule has 0 radical (unpaired) electrons. The van der Waals surface area contributed by atoms with Crippen molar-refractivity contribution < 1.29 is 4.79 Å². The molecule has 1 aromatic carbocycles. The average molecular weight is 463 g/mol. The highest BCUT2D eigenvalue weighted by molar-refractivity contribution is 7.17. The molecular weight excluding hydrogens is 436 g/mol. The highest BCUT2D eigenvalue weighted by Gasteiger charge is 2.26. The summed E-state index contributed by atoms with van der Waals surface area (Å²) < 4.78 is 1.32. The van der Waals surface area contributed by atoms with Crippen LogP contribution in [0.15, 0.2) is 29.1 Å². The number of carbonyl (C=O) groups is 1. The van der Waals surface area contributed by atoms with Gasteiger partial charge in [0, 0.05) is 38.9 Å². The summed E-state index contributed by atoms with van der Waals surface area (Å²) in [5.74, 6) is -0.0433. The van der Waals surface area contributed by atoms with Crippen molar-refractivity contribution >= 4 is 22.9 Å². The summed E-state index contributed by atoms with van der Waals surface area (Å²) in [6, 6.07) is 9.68. The van der Waals surface area contributed by atoms with Gasteiger partial charge in [-0.3, -0.25) is 9.59 Å². The molecule has 1 aliphatic rings. The van der Waals surface area contributed by atoms with Crippen LogP contribution in [0.25, 0.3) is 10.6 Å². The number of carbonyl (C=O) groups excluding carboxylic acids is 1. The molecule has 2 aromatic heterocycles. The Hall–Kier alpha value is -3.51. The van der Waals surface area contributed by atoms with Gasteiger partial charge in [-0.2, -0.15) is 10.4 Å². The standard InChI is InChI=1S/C24H26N6O2S/c1-15-16(2)27-28(4)23(31)20(15)22-26-17(3)21(33-22)24(32)30-11-5-10-29(12-13-30)19-8-6-18(14-25)7-9-19/h6-9H,5,10-13H2,1-4H3. The van der Waals surface area contributed by atoms with Crippen molar-refractivity contribution in [3.63, 3.8) is 0 Å². The Labute approximate surface area is 196 Å². The van der Waals surface area contributed by atoms with Gasteiger partial charge in [0.25, 0.3) is 11.5 Å². The fourth-order valence-corrected chi connectivity index (χ4v) is 5.20. The molecular formula is C24H26N6O2S. The van der Waals surface area contributed by atoms with Gasteiger partial charge in [-0.1, -0.05) is 0 Å². The van der Waals surface area contributed by atoms with Crippen molar-refractivity contribution in [3.05, 3.63) is 62.0 Å². The number of aromatic nitrogens is 3. The number of nitriles is 1. The van der Waals surface area contributed by atoms with E-state index in [1.807, 2.05) is 49.9 Å². The van der Waals surface area contributed by atoms with Gasteiger partial charge in [0.15, 0.2) is 0 Å². The summed E-state index contributed by atoms with van der Waals surface area (Å²) in [4.78, 5) is 35.4. The van der Waals surface area contributed by atoms with E-state index in [4.69, 9.17) is 5.26 Å². The topological polar surface area (TPSA) is 95.1 Å². The van der Waals surface area contributed by atoms with Gasteiger partial charge in [0.1, 0.15) is 9.88 Å². The second-order valence-corrected chi connectivity index (χ2v) is 9.24. The molecule has 0 bridgehead atoms. The molecule has 0 atom stereocenters. The van der Waals surface area contributed by atoms with E-state index in [1.165, 1.54) is 16.0 Å². The van der Waals surface area contributed by atoms with E-state index in [0.717, 1.165) is 29.9 Å². The fourth-order valence-electron chi connectivity index (χ4n) is 4.07. The third-order valence-corrected chi connectivity index (χ3v) is 7.24. The minimum absolute atomic E-state index is 0.0433. The molecule has 4 rings (SSSR count). The number of nitrogens with zero attached hydrogens (tertiary/aromatic N) is 6. The minimum atomic E-state index is -0.210. The first-order valence-corrected chi connectivity index (χ1v) is 11.7. The van der Waals surface area contributed by atoms with Crippen molar-refractivity contribution in [2.75, 3.05) is 31.1 Å². The zero-order valence-electron chi connectivity index (χ0n) is 19.3.